The predicted octanol–water partition coefficient (Wildman–Crippen LogP) is 2.32. The van der Waals surface area contributed by atoms with E-state index < -0.39 is 0 Å². The van der Waals surface area contributed by atoms with Crippen LogP contribution in [0, 0.1) is 0 Å². The van der Waals surface area contributed by atoms with Gasteiger partial charge in [0.25, 0.3) is 0 Å². The largest absolute Gasteiger partial charge is 0.462 e. The molecule has 3 nitrogen and oxygen atoms in total. The Bertz CT molecular complexity index is 294. The van der Waals surface area contributed by atoms with Crippen molar-refractivity contribution in [2.45, 2.75) is 33.6 Å². The lowest BCUT2D eigenvalue weighted by molar-refractivity contribution is 0.0524. The highest BCUT2D eigenvalue weighted by atomic mass is 16.5. The van der Waals surface area contributed by atoms with Crippen molar-refractivity contribution in [3.8, 4) is 0 Å². The van der Waals surface area contributed by atoms with Crippen LogP contribution in [-0.4, -0.2) is 17.6 Å². The van der Waals surface area contributed by atoms with Crippen molar-refractivity contribution in [1.82, 2.24) is 4.98 Å². The first-order valence-electron chi connectivity index (χ1n) is 5.10. The number of rotatable bonds is 4. The molecule has 78 valence electrons. The highest BCUT2D eigenvalue weighted by molar-refractivity contribution is 5.92. The number of hydrogen-bond acceptors (Lipinski definition) is 2. The average Bonchev–Trinajstić information content (AvgIpc) is 2.60. The quantitative estimate of drug-likeness (QED) is 0.749. The van der Waals surface area contributed by atoms with Crippen LogP contribution in [0.1, 0.15) is 42.4 Å². The van der Waals surface area contributed by atoms with Gasteiger partial charge in [-0.1, -0.05) is 13.8 Å². The molecule has 0 atom stereocenters. The maximum atomic E-state index is 11.6. The smallest absolute Gasteiger partial charge is 0.340 e. The Labute approximate surface area is 84.5 Å². The van der Waals surface area contributed by atoms with Crippen molar-refractivity contribution in [3.05, 3.63) is 23.0 Å². The Morgan fingerprint density at radius 3 is 2.57 bits per heavy atom. The molecule has 3 heteroatoms. The number of hydrogen-bond donors (Lipinski definition) is 1. The van der Waals surface area contributed by atoms with Crippen molar-refractivity contribution in [2.24, 2.45) is 0 Å². The zero-order chi connectivity index (χ0) is 10.6. The average molecular weight is 195 g/mol. The maximum absolute atomic E-state index is 11.6. The van der Waals surface area contributed by atoms with E-state index in [2.05, 4.69) is 4.98 Å². The minimum absolute atomic E-state index is 0.206. The Hall–Kier alpha value is -1.25. The van der Waals surface area contributed by atoms with E-state index in [4.69, 9.17) is 4.74 Å². The van der Waals surface area contributed by atoms with E-state index in [1.165, 1.54) is 0 Å². The zero-order valence-electron chi connectivity index (χ0n) is 9.02. The Kier molecular flexibility index (Phi) is 3.74. The number of aryl methyl sites for hydroxylation is 2. The second-order valence-electron chi connectivity index (χ2n) is 3.10. The fourth-order valence-electron chi connectivity index (χ4n) is 1.53. The Morgan fingerprint density at radius 1 is 1.36 bits per heavy atom. The van der Waals surface area contributed by atoms with Gasteiger partial charge in [0.2, 0.25) is 0 Å². The lowest BCUT2D eigenvalue weighted by atomic mass is 10.1. The molecule has 1 heterocycles. The molecule has 0 spiro atoms. The summed E-state index contributed by atoms with van der Waals surface area (Å²) >= 11 is 0. The summed E-state index contributed by atoms with van der Waals surface area (Å²) in [6, 6.07) is 0. The standard InChI is InChI=1S/C11H17NO2/c1-4-8-7-12-9(5-2)10(8)11(13)14-6-3/h7,12H,4-6H2,1-3H3. The van der Waals surface area contributed by atoms with Gasteiger partial charge < -0.3 is 9.72 Å². The van der Waals surface area contributed by atoms with Crippen LogP contribution >= 0.6 is 0 Å². The molecule has 0 saturated heterocycles. The maximum Gasteiger partial charge on any atom is 0.340 e. The number of aromatic nitrogens is 1. The lowest BCUT2D eigenvalue weighted by Crippen LogP contribution is -2.08. The summed E-state index contributed by atoms with van der Waals surface area (Å²) in [6.45, 7) is 6.30. The number of H-pyrrole nitrogens is 1. The third-order valence-electron chi connectivity index (χ3n) is 2.26. The van der Waals surface area contributed by atoms with Crippen LogP contribution in [0.3, 0.4) is 0 Å². The molecule has 14 heavy (non-hydrogen) atoms. The molecule has 0 bridgehead atoms. The van der Waals surface area contributed by atoms with Gasteiger partial charge in [0.05, 0.1) is 12.2 Å². The van der Waals surface area contributed by atoms with Crippen LogP contribution in [0.15, 0.2) is 6.20 Å². The molecule has 0 aliphatic rings. The molecule has 1 rings (SSSR count). The van der Waals surface area contributed by atoms with Crippen molar-refractivity contribution in [2.75, 3.05) is 6.61 Å². The molecule has 0 radical (unpaired) electrons. The van der Waals surface area contributed by atoms with Crippen molar-refractivity contribution >= 4 is 5.97 Å². The fourth-order valence-corrected chi connectivity index (χ4v) is 1.53. The fraction of sp³-hybridized carbons (Fsp3) is 0.545. The topological polar surface area (TPSA) is 42.1 Å². The van der Waals surface area contributed by atoms with Gasteiger partial charge in [-0.15, -0.1) is 0 Å². The normalized spacial score (nSPS) is 10.2. The second-order valence-corrected chi connectivity index (χ2v) is 3.10. The van der Waals surface area contributed by atoms with Crippen molar-refractivity contribution < 1.29 is 9.53 Å². The van der Waals surface area contributed by atoms with Crippen LogP contribution in [0.2, 0.25) is 0 Å². The van der Waals surface area contributed by atoms with E-state index in [1.807, 2.05) is 27.0 Å². The number of aromatic amines is 1. The minimum atomic E-state index is -0.206. The van der Waals surface area contributed by atoms with Crippen molar-refractivity contribution in [1.29, 1.82) is 0 Å². The van der Waals surface area contributed by atoms with Crippen LogP contribution in [0.4, 0.5) is 0 Å². The molecule has 0 amide bonds. The molecule has 0 aliphatic carbocycles. The van der Waals surface area contributed by atoms with Crippen LogP contribution in [0.25, 0.3) is 0 Å². The number of nitrogens with one attached hydrogen (secondary N) is 1. The summed E-state index contributed by atoms with van der Waals surface area (Å²) in [5.41, 5.74) is 2.75. The van der Waals surface area contributed by atoms with E-state index in [0.29, 0.717) is 6.61 Å². The van der Waals surface area contributed by atoms with Gasteiger partial charge in [-0.2, -0.15) is 0 Å². The molecular formula is C11H17NO2. The summed E-state index contributed by atoms with van der Waals surface area (Å²) < 4.78 is 5.01. The molecule has 0 fully saturated rings. The van der Waals surface area contributed by atoms with Gasteiger partial charge in [0, 0.05) is 11.9 Å². The van der Waals surface area contributed by atoms with Crippen LogP contribution < -0.4 is 0 Å². The highest BCUT2D eigenvalue weighted by Crippen LogP contribution is 2.16. The van der Waals surface area contributed by atoms with E-state index in [1.54, 1.807) is 0 Å². The molecule has 0 aromatic carbocycles. The minimum Gasteiger partial charge on any atom is -0.462 e. The van der Waals surface area contributed by atoms with Crippen LogP contribution in [-0.2, 0) is 17.6 Å². The van der Waals surface area contributed by atoms with Gasteiger partial charge in [0.15, 0.2) is 0 Å². The zero-order valence-corrected chi connectivity index (χ0v) is 9.02. The molecule has 0 aliphatic heterocycles. The summed E-state index contributed by atoms with van der Waals surface area (Å²) in [5, 5.41) is 0. The van der Waals surface area contributed by atoms with Gasteiger partial charge in [-0.3, -0.25) is 0 Å². The van der Waals surface area contributed by atoms with Crippen LogP contribution in [0.5, 0.6) is 0 Å². The summed E-state index contributed by atoms with van der Waals surface area (Å²) in [7, 11) is 0. The van der Waals surface area contributed by atoms with Gasteiger partial charge >= 0.3 is 5.97 Å². The monoisotopic (exact) mass is 195 g/mol. The Balaban J connectivity index is 3.01. The third kappa shape index (κ3) is 1.97. The first-order chi connectivity index (χ1) is 6.74. The molecule has 0 saturated carbocycles. The second kappa shape index (κ2) is 4.84. The number of ether oxygens (including phenoxy) is 1. The lowest BCUT2D eigenvalue weighted by Gasteiger charge is -2.04. The first-order valence-corrected chi connectivity index (χ1v) is 5.10. The molecule has 0 unspecified atom stereocenters. The molecule has 1 N–H and O–H groups in total. The summed E-state index contributed by atoms with van der Waals surface area (Å²) in [6.07, 6.45) is 3.57. The first kappa shape index (κ1) is 10.8. The number of esters is 1. The summed E-state index contributed by atoms with van der Waals surface area (Å²) in [5.74, 6) is -0.206. The van der Waals surface area contributed by atoms with Gasteiger partial charge in [-0.25, -0.2) is 4.79 Å². The highest BCUT2D eigenvalue weighted by Gasteiger charge is 2.17. The number of carbonyl (C=O) groups is 1. The van der Waals surface area contributed by atoms with E-state index in [9.17, 15) is 4.79 Å². The van der Waals surface area contributed by atoms with E-state index >= 15 is 0 Å². The molecule has 1 aromatic heterocycles. The summed E-state index contributed by atoms with van der Waals surface area (Å²) in [4.78, 5) is 14.7. The molecular weight excluding hydrogens is 178 g/mol. The van der Waals surface area contributed by atoms with E-state index in [-0.39, 0.29) is 5.97 Å². The molecule has 1 aromatic rings. The van der Waals surface area contributed by atoms with Gasteiger partial charge in [0.1, 0.15) is 0 Å². The van der Waals surface area contributed by atoms with Gasteiger partial charge in [-0.05, 0) is 25.3 Å². The number of carbonyl (C=O) groups excluding carboxylic acids is 1. The Morgan fingerprint density at radius 2 is 2.07 bits per heavy atom. The van der Waals surface area contributed by atoms with Crippen molar-refractivity contribution in [3.63, 3.8) is 0 Å². The SMILES string of the molecule is CCOC(=O)c1c(CC)c[nH]c1CC. The third-order valence-corrected chi connectivity index (χ3v) is 2.26. The van der Waals surface area contributed by atoms with E-state index in [0.717, 1.165) is 29.7 Å². The predicted molar refractivity (Wildman–Crippen MR) is 55.5 cm³/mol.